The Morgan fingerprint density at radius 1 is 1.03 bits per heavy atom. The average molecular weight is 531 g/mol. The monoisotopic (exact) mass is 530 g/mol. The third-order valence-electron chi connectivity index (χ3n) is 7.15. The minimum Gasteiger partial charge on any atom is -0.480 e. The molecular weight excluding hydrogens is 492 g/mol. The molecule has 208 valence electrons. The first-order valence-corrected chi connectivity index (χ1v) is 13.2. The van der Waals surface area contributed by atoms with Crippen molar-refractivity contribution < 1.29 is 33.8 Å². The zero-order valence-corrected chi connectivity index (χ0v) is 21.9. The average Bonchev–Trinajstić information content (AvgIpc) is 2.93. The Labute approximate surface area is 222 Å². The van der Waals surface area contributed by atoms with Crippen molar-refractivity contribution in [1.82, 2.24) is 20.4 Å². The molecule has 4 amide bonds. The summed E-state index contributed by atoms with van der Waals surface area (Å²) in [5.74, 6) is -2.09. The minimum atomic E-state index is -1.23. The van der Waals surface area contributed by atoms with Gasteiger partial charge >= 0.3 is 12.1 Å². The van der Waals surface area contributed by atoms with Crippen LogP contribution in [0.25, 0.3) is 0 Å². The summed E-state index contributed by atoms with van der Waals surface area (Å²) in [5.41, 5.74) is 0.945. The van der Waals surface area contributed by atoms with Gasteiger partial charge in [-0.05, 0) is 43.6 Å². The van der Waals surface area contributed by atoms with Crippen molar-refractivity contribution >= 4 is 29.8 Å². The summed E-state index contributed by atoms with van der Waals surface area (Å²) in [6, 6.07) is 8.35. The molecule has 11 heteroatoms. The minimum absolute atomic E-state index is 0.00820. The Bertz CT molecular complexity index is 979. The van der Waals surface area contributed by atoms with E-state index in [4.69, 9.17) is 4.74 Å². The number of nitrogens with zero attached hydrogens (tertiary/aromatic N) is 2. The van der Waals surface area contributed by atoms with Gasteiger partial charge in [0, 0.05) is 46.1 Å². The number of benzene rings is 1. The highest BCUT2D eigenvalue weighted by molar-refractivity contribution is 5.84. The molecule has 0 radical (unpaired) electrons. The fraction of sp³-hybridized carbons (Fsp3) is 0.593. The van der Waals surface area contributed by atoms with Gasteiger partial charge in [-0.2, -0.15) is 0 Å². The van der Waals surface area contributed by atoms with Crippen molar-refractivity contribution in [1.29, 1.82) is 0 Å². The van der Waals surface area contributed by atoms with E-state index in [1.165, 1.54) is 6.92 Å². The van der Waals surface area contributed by atoms with Crippen molar-refractivity contribution in [3.05, 3.63) is 35.9 Å². The summed E-state index contributed by atoms with van der Waals surface area (Å²) >= 11 is 0. The molecule has 3 N–H and O–H groups in total. The van der Waals surface area contributed by atoms with E-state index >= 15 is 0 Å². The van der Waals surface area contributed by atoms with Crippen LogP contribution in [0.2, 0.25) is 0 Å². The number of carboxylic acids is 1. The number of rotatable bonds is 10. The number of nitrogens with one attached hydrogen (secondary N) is 2. The van der Waals surface area contributed by atoms with Crippen LogP contribution in [0.3, 0.4) is 0 Å². The molecule has 0 spiro atoms. The van der Waals surface area contributed by atoms with E-state index in [0.29, 0.717) is 51.4 Å². The van der Waals surface area contributed by atoms with Crippen LogP contribution in [-0.4, -0.2) is 83.5 Å². The highest BCUT2D eigenvalue weighted by Crippen LogP contribution is 2.24. The molecule has 38 heavy (non-hydrogen) atoms. The Morgan fingerprint density at radius 2 is 1.74 bits per heavy atom. The van der Waals surface area contributed by atoms with E-state index < -0.39 is 23.8 Å². The molecule has 11 nitrogen and oxygen atoms in total. The maximum Gasteiger partial charge on any atom is 0.410 e. The van der Waals surface area contributed by atoms with E-state index in [9.17, 15) is 29.1 Å². The van der Waals surface area contributed by atoms with Gasteiger partial charge in [0.15, 0.2) is 0 Å². The predicted molar refractivity (Wildman–Crippen MR) is 138 cm³/mol. The molecular formula is C27H38N4O7. The molecule has 2 heterocycles. The first kappa shape index (κ1) is 28.9. The molecule has 1 aromatic rings. The largest absolute Gasteiger partial charge is 0.480 e. The van der Waals surface area contributed by atoms with Crippen LogP contribution in [0.1, 0.15) is 51.0 Å². The number of hydrogen-bond acceptors (Lipinski definition) is 6. The van der Waals surface area contributed by atoms with Gasteiger partial charge in [0.2, 0.25) is 17.7 Å². The molecule has 2 saturated heterocycles. The van der Waals surface area contributed by atoms with Crippen LogP contribution in [0, 0.1) is 11.8 Å². The van der Waals surface area contributed by atoms with E-state index in [2.05, 4.69) is 10.6 Å². The van der Waals surface area contributed by atoms with Gasteiger partial charge in [-0.15, -0.1) is 0 Å². The van der Waals surface area contributed by atoms with Crippen LogP contribution in [0.5, 0.6) is 0 Å². The Morgan fingerprint density at radius 3 is 2.39 bits per heavy atom. The fourth-order valence-corrected chi connectivity index (χ4v) is 4.91. The second-order valence-electron chi connectivity index (χ2n) is 10.0. The molecule has 3 rings (SSSR count). The molecule has 2 fully saturated rings. The molecule has 0 aromatic heterocycles. The molecule has 0 bridgehead atoms. The van der Waals surface area contributed by atoms with Gasteiger partial charge in [0.1, 0.15) is 12.6 Å². The van der Waals surface area contributed by atoms with Crippen molar-refractivity contribution in [3.63, 3.8) is 0 Å². The van der Waals surface area contributed by atoms with Gasteiger partial charge in [-0.25, -0.2) is 9.59 Å². The first-order chi connectivity index (χ1) is 18.2. The van der Waals surface area contributed by atoms with E-state index in [-0.39, 0.29) is 31.1 Å². The van der Waals surface area contributed by atoms with E-state index in [1.807, 2.05) is 30.3 Å². The summed E-state index contributed by atoms with van der Waals surface area (Å²) in [4.78, 5) is 63.7. The number of aliphatic carboxylic acids is 1. The van der Waals surface area contributed by atoms with E-state index in [1.54, 1.807) is 9.80 Å². The first-order valence-electron chi connectivity index (χ1n) is 13.2. The summed E-state index contributed by atoms with van der Waals surface area (Å²) in [6.07, 6.45) is 3.76. The second kappa shape index (κ2) is 14.3. The fourth-order valence-electron chi connectivity index (χ4n) is 4.91. The van der Waals surface area contributed by atoms with Crippen LogP contribution in [-0.2, 0) is 30.5 Å². The molecule has 0 aliphatic carbocycles. The third-order valence-corrected chi connectivity index (χ3v) is 7.15. The number of carbonyl (C=O) groups excluding carboxylic acids is 4. The molecule has 0 saturated carbocycles. The predicted octanol–water partition coefficient (Wildman–Crippen LogP) is 1.76. The molecule has 2 atom stereocenters. The highest BCUT2D eigenvalue weighted by atomic mass is 16.6. The topological polar surface area (TPSA) is 145 Å². The standard InChI is InChI=1S/C27H38N4O7/c1-19(32)29-23(26(35)36)16-28-25(34)22-8-5-13-31(17-22)24(33)10-9-20-11-14-30(15-12-20)27(37)38-18-21-6-3-2-4-7-21/h2-4,6-7,20,22-23H,5,8-18H2,1H3,(H,28,34)(H,29,32)(H,35,36)/t22-,23+/m1/s1. The Balaban J connectivity index is 1.35. The number of carboxylic acid groups (broad SMARTS) is 1. The second-order valence-corrected chi connectivity index (χ2v) is 10.0. The third kappa shape index (κ3) is 9.04. The number of piperidine rings is 2. The summed E-state index contributed by atoms with van der Waals surface area (Å²) in [7, 11) is 0. The van der Waals surface area contributed by atoms with Gasteiger partial charge in [0.05, 0.1) is 5.92 Å². The summed E-state index contributed by atoms with van der Waals surface area (Å²) in [6.45, 7) is 3.36. The van der Waals surface area contributed by atoms with Crippen molar-refractivity contribution in [2.45, 2.75) is 58.1 Å². The van der Waals surface area contributed by atoms with Crippen LogP contribution in [0.4, 0.5) is 4.79 Å². The van der Waals surface area contributed by atoms with Gasteiger partial charge in [-0.1, -0.05) is 30.3 Å². The van der Waals surface area contributed by atoms with E-state index in [0.717, 1.165) is 24.8 Å². The van der Waals surface area contributed by atoms with Crippen molar-refractivity contribution in [3.8, 4) is 0 Å². The number of carbonyl (C=O) groups is 5. The summed E-state index contributed by atoms with van der Waals surface area (Å²) in [5, 5.41) is 14.1. The number of ether oxygens (including phenoxy) is 1. The van der Waals surface area contributed by atoms with Crippen LogP contribution in [0.15, 0.2) is 30.3 Å². The van der Waals surface area contributed by atoms with Gasteiger partial charge in [0.25, 0.3) is 0 Å². The zero-order valence-electron chi connectivity index (χ0n) is 21.9. The number of amides is 4. The maximum atomic E-state index is 12.9. The van der Waals surface area contributed by atoms with Gasteiger partial charge in [-0.3, -0.25) is 14.4 Å². The lowest BCUT2D eigenvalue weighted by Gasteiger charge is -2.34. The van der Waals surface area contributed by atoms with Crippen LogP contribution >= 0.6 is 0 Å². The molecule has 0 unspecified atom stereocenters. The Hall–Kier alpha value is -3.63. The van der Waals surface area contributed by atoms with Crippen molar-refractivity contribution in [2.75, 3.05) is 32.7 Å². The molecule has 2 aliphatic rings. The van der Waals surface area contributed by atoms with Crippen molar-refractivity contribution in [2.24, 2.45) is 11.8 Å². The lowest BCUT2D eigenvalue weighted by molar-refractivity contribution is -0.141. The maximum absolute atomic E-state index is 12.9. The quantitative estimate of drug-likeness (QED) is 0.418. The van der Waals surface area contributed by atoms with Gasteiger partial charge < -0.3 is 30.3 Å². The Kier molecular flexibility index (Phi) is 10.9. The lowest BCUT2D eigenvalue weighted by Crippen LogP contribution is -2.51. The normalized spacial score (nSPS) is 18.8. The highest BCUT2D eigenvalue weighted by Gasteiger charge is 2.30. The zero-order chi connectivity index (χ0) is 27.5. The lowest BCUT2D eigenvalue weighted by atomic mass is 9.91. The van der Waals surface area contributed by atoms with Crippen LogP contribution < -0.4 is 10.6 Å². The number of likely N-dealkylation sites (tertiary alicyclic amines) is 2. The molecule has 2 aliphatic heterocycles. The smallest absolute Gasteiger partial charge is 0.410 e. The SMILES string of the molecule is CC(=O)N[C@@H](CNC(=O)[C@@H]1CCCN(C(=O)CCC2CCN(C(=O)OCc3ccccc3)CC2)C1)C(=O)O. The number of hydrogen-bond donors (Lipinski definition) is 3. The summed E-state index contributed by atoms with van der Waals surface area (Å²) < 4.78 is 5.41. The molecule has 1 aromatic carbocycles.